The van der Waals surface area contributed by atoms with Crippen LogP contribution >= 0.6 is 0 Å². The lowest BCUT2D eigenvalue weighted by Crippen LogP contribution is -2.54. The number of carboxylic acids is 1. The summed E-state index contributed by atoms with van der Waals surface area (Å²) in [5.74, 6) is -0.875. The molecule has 1 atom stereocenters. The van der Waals surface area contributed by atoms with Gasteiger partial charge < -0.3 is 20.1 Å². The lowest BCUT2D eigenvalue weighted by atomic mass is 9.80. The largest absolute Gasteiger partial charge is 0.493 e. The number of methoxy groups -OCH3 is 1. The molecule has 0 aromatic carbocycles. The van der Waals surface area contributed by atoms with Crippen LogP contribution in [0.4, 0.5) is 19.0 Å². The van der Waals surface area contributed by atoms with Crippen molar-refractivity contribution in [3.63, 3.8) is 0 Å². The van der Waals surface area contributed by atoms with Crippen molar-refractivity contribution >= 4 is 11.8 Å². The molecule has 2 N–H and O–H groups in total. The number of aliphatic carboxylic acids is 1. The summed E-state index contributed by atoms with van der Waals surface area (Å²) in [6.45, 7) is 6.88. The summed E-state index contributed by atoms with van der Waals surface area (Å²) in [5, 5.41) is 10.6. The fraction of sp³-hybridized carbons (Fsp3) is 0.684. The topological polar surface area (TPSA) is 77.9 Å². The number of rotatable bonds is 3. The zero-order valence-electron chi connectivity index (χ0n) is 16.4. The minimum absolute atomic E-state index is 0.645. The van der Waals surface area contributed by atoms with Crippen molar-refractivity contribution in [1.29, 1.82) is 0 Å². The number of halogens is 3. The number of anilines is 1. The van der Waals surface area contributed by atoms with E-state index in [4.69, 9.17) is 14.6 Å². The lowest BCUT2D eigenvalue weighted by molar-refractivity contribution is -0.192. The molecule has 0 radical (unpaired) electrons. The van der Waals surface area contributed by atoms with Gasteiger partial charge in [-0.1, -0.05) is 0 Å². The van der Waals surface area contributed by atoms with Crippen LogP contribution in [-0.4, -0.2) is 79.6 Å². The van der Waals surface area contributed by atoms with E-state index in [0.717, 1.165) is 43.8 Å². The molecule has 1 saturated carbocycles. The first-order valence-corrected chi connectivity index (χ1v) is 9.73. The first-order valence-electron chi connectivity index (χ1n) is 9.73. The highest BCUT2D eigenvalue weighted by Gasteiger charge is 2.45. The molecule has 4 rings (SSSR count). The van der Waals surface area contributed by atoms with E-state index in [9.17, 15) is 13.2 Å². The number of hydrogen-bond acceptors (Lipinski definition) is 6. The molecule has 1 aromatic rings. The first kappa shape index (κ1) is 21.6. The number of carboxylic acid groups (broad SMARTS) is 1. The Morgan fingerprint density at radius 1 is 1.31 bits per heavy atom. The highest BCUT2D eigenvalue weighted by atomic mass is 19.4. The standard InChI is InChI=1S/C17H26N4O.C2HF3O2/c1-22-15-3-2-6-19-16(15)21-9-7-20(8-10-21)14-4-5-17(11-14)12-18-13-17;3-2(4,5)1(6)7/h2-3,6,14,18H,4-5,7-13H2,1H3;(H,6,7). The number of aromatic nitrogens is 1. The normalized spacial score (nSPS) is 23.9. The van der Waals surface area contributed by atoms with Crippen molar-refractivity contribution in [2.24, 2.45) is 5.41 Å². The number of ether oxygens (including phenoxy) is 1. The van der Waals surface area contributed by atoms with Gasteiger partial charge in [-0.05, 0) is 36.8 Å². The van der Waals surface area contributed by atoms with Crippen molar-refractivity contribution in [2.75, 3.05) is 51.3 Å². The molecule has 1 aliphatic carbocycles. The molecular formula is C19H27F3N4O3. The van der Waals surface area contributed by atoms with Gasteiger partial charge in [0.05, 0.1) is 7.11 Å². The van der Waals surface area contributed by atoms with E-state index in [1.807, 2.05) is 18.3 Å². The molecule has 10 heteroatoms. The van der Waals surface area contributed by atoms with E-state index in [1.54, 1.807) is 7.11 Å². The van der Waals surface area contributed by atoms with Crippen LogP contribution in [0.2, 0.25) is 0 Å². The van der Waals surface area contributed by atoms with Crippen LogP contribution in [0.25, 0.3) is 0 Å². The summed E-state index contributed by atoms with van der Waals surface area (Å²) < 4.78 is 37.2. The number of piperazine rings is 1. The fourth-order valence-corrected chi connectivity index (χ4v) is 4.37. The Balaban J connectivity index is 0.000000298. The monoisotopic (exact) mass is 416 g/mol. The van der Waals surface area contributed by atoms with Crippen LogP contribution in [0.5, 0.6) is 5.75 Å². The third-order valence-corrected chi connectivity index (χ3v) is 6.02. The molecule has 1 spiro atoms. The minimum Gasteiger partial charge on any atom is -0.493 e. The molecule has 2 saturated heterocycles. The minimum atomic E-state index is -5.08. The predicted molar refractivity (Wildman–Crippen MR) is 101 cm³/mol. The number of nitrogens with one attached hydrogen (secondary N) is 1. The second kappa shape index (κ2) is 8.74. The second-order valence-electron chi connectivity index (χ2n) is 7.86. The maximum absolute atomic E-state index is 10.6. The van der Waals surface area contributed by atoms with Crippen LogP contribution < -0.4 is 15.0 Å². The Kier molecular flexibility index (Phi) is 6.52. The fourth-order valence-electron chi connectivity index (χ4n) is 4.37. The first-order chi connectivity index (χ1) is 13.7. The number of carbonyl (C=O) groups is 1. The van der Waals surface area contributed by atoms with Crippen molar-refractivity contribution in [3.05, 3.63) is 18.3 Å². The quantitative estimate of drug-likeness (QED) is 0.780. The Hall–Kier alpha value is -2.07. The number of pyridine rings is 1. The van der Waals surface area contributed by atoms with E-state index in [-0.39, 0.29) is 0 Å². The van der Waals surface area contributed by atoms with Crippen LogP contribution in [-0.2, 0) is 4.79 Å². The highest BCUT2D eigenvalue weighted by molar-refractivity contribution is 5.73. The van der Waals surface area contributed by atoms with Gasteiger partial charge in [-0.25, -0.2) is 9.78 Å². The molecule has 3 aliphatic rings. The summed E-state index contributed by atoms with van der Waals surface area (Å²) in [6, 6.07) is 4.73. The summed E-state index contributed by atoms with van der Waals surface area (Å²) >= 11 is 0. The molecule has 0 amide bonds. The van der Waals surface area contributed by atoms with Gasteiger partial charge in [0, 0.05) is 51.5 Å². The van der Waals surface area contributed by atoms with Gasteiger partial charge in [0.2, 0.25) is 0 Å². The highest BCUT2D eigenvalue weighted by Crippen LogP contribution is 2.43. The Bertz CT molecular complexity index is 704. The summed E-state index contributed by atoms with van der Waals surface area (Å²) in [5.41, 5.74) is 0.645. The molecule has 3 heterocycles. The smallest absolute Gasteiger partial charge is 0.490 e. The molecule has 162 valence electrons. The van der Waals surface area contributed by atoms with Crippen molar-refractivity contribution in [3.8, 4) is 5.75 Å². The maximum Gasteiger partial charge on any atom is 0.490 e. The molecule has 3 fully saturated rings. The van der Waals surface area contributed by atoms with Crippen LogP contribution in [0.3, 0.4) is 0 Å². The van der Waals surface area contributed by atoms with E-state index in [1.165, 1.54) is 32.4 Å². The predicted octanol–water partition coefficient (Wildman–Crippen LogP) is 1.99. The molecular weight excluding hydrogens is 389 g/mol. The van der Waals surface area contributed by atoms with Gasteiger partial charge in [-0.3, -0.25) is 4.90 Å². The average molecular weight is 416 g/mol. The van der Waals surface area contributed by atoms with E-state index in [2.05, 4.69) is 20.1 Å². The van der Waals surface area contributed by atoms with E-state index in [0.29, 0.717) is 5.41 Å². The van der Waals surface area contributed by atoms with Crippen molar-refractivity contribution < 1.29 is 27.8 Å². The average Bonchev–Trinajstić information content (AvgIpc) is 3.14. The number of hydrogen-bond donors (Lipinski definition) is 2. The van der Waals surface area contributed by atoms with Crippen molar-refractivity contribution in [1.82, 2.24) is 15.2 Å². The SMILES string of the molecule is COc1cccnc1N1CCN(C2CCC3(CNC3)C2)CC1.O=C(O)C(F)(F)F. The van der Waals surface area contributed by atoms with E-state index < -0.39 is 12.1 Å². The molecule has 1 unspecified atom stereocenters. The van der Waals surface area contributed by atoms with Crippen molar-refractivity contribution in [2.45, 2.75) is 31.5 Å². The molecule has 7 nitrogen and oxygen atoms in total. The summed E-state index contributed by atoms with van der Waals surface area (Å²) in [7, 11) is 1.72. The third kappa shape index (κ3) is 5.11. The Morgan fingerprint density at radius 3 is 2.45 bits per heavy atom. The lowest BCUT2D eigenvalue weighted by Gasteiger charge is -2.42. The van der Waals surface area contributed by atoms with Gasteiger partial charge in [-0.2, -0.15) is 13.2 Å². The van der Waals surface area contributed by atoms with Crippen LogP contribution in [0.1, 0.15) is 19.3 Å². The molecule has 1 aromatic heterocycles. The van der Waals surface area contributed by atoms with Crippen LogP contribution in [0, 0.1) is 5.41 Å². The number of nitrogens with zero attached hydrogens (tertiary/aromatic N) is 3. The second-order valence-corrected chi connectivity index (χ2v) is 7.86. The number of alkyl halides is 3. The Morgan fingerprint density at radius 2 is 1.97 bits per heavy atom. The molecule has 0 bridgehead atoms. The summed E-state index contributed by atoms with van der Waals surface area (Å²) in [6.07, 6.45) is 0.967. The molecule has 29 heavy (non-hydrogen) atoms. The van der Waals surface area contributed by atoms with Gasteiger partial charge >= 0.3 is 12.1 Å². The Labute approximate surface area is 167 Å². The van der Waals surface area contributed by atoms with E-state index >= 15 is 0 Å². The summed E-state index contributed by atoms with van der Waals surface area (Å²) in [4.78, 5) is 18.5. The van der Waals surface area contributed by atoms with Crippen LogP contribution in [0.15, 0.2) is 18.3 Å². The zero-order valence-corrected chi connectivity index (χ0v) is 16.4. The maximum atomic E-state index is 10.6. The van der Waals surface area contributed by atoms with Gasteiger partial charge in [0.25, 0.3) is 0 Å². The van der Waals surface area contributed by atoms with Gasteiger partial charge in [-0.15, -0.1) is 0 Å². The third-order valence-electron chi connectivity index (χ3n) is 6.02. The van der Waals surface area contributed by atoms with Gasteiger partial charge in [0.1, 0.15) is 0 Å². The zero-order chi connectivity index (χ0) is 21.1. The molecule has 2 aliphatic heterocycles. The van der Waals surface area contributed by atoms with Gasteiger partial charge in [0.15, 0.2) is 11.6 Å².